The molecule has 1 rings (SSSR count). The molecule has 94 valence electrons. The van der Waals surface area contributed by atoms with Crippen LogP contribution in [0.25, 0.3) is 0 Å². The number of carboxylic acids is 1. The molecule has 1 aromatic rings. The van der Waals surface area contributed by atoms with Gasteiger partial charge in [0.05, 0.1) is 5.92 Å². The van der Waals surface area contributed by atoms with E-state index in [2.05, 4.69) is 24.4 Å². The number of benzene rings is 1. The molecule has 1 aromatic carbocycles. The molecule has 2 N–H and O–H groups in total. The van der Waals surface area contributed by atoms with Crippen LogP contribution in [0.1, 0.15) is 20.3 Å². The van der Waals surface area contributed by atoms with E-state index < -0.39 is 5.97 Å². The molecule has 0 bridgehead atoms. The van der Waals surface area contributed by atoms with Gasteiger partial charge in [0, 0.05) is 17.1 Å². The molecule has 1 atom stereocenters. The molecule has 1 unspecified atom stereocenters. The summed E-state index contributed by atoms with van der Waals surface area (Å²) in [4.78, 5) is 11.9. The second-order valence-corrected chi connectivity index (χ2v) is 5.25. The van der Waals surface area contributed by atoms with Crippen LogP contribution in [0.2, 0.25) is 0 Å². The van der Waals surface area contributed by atoms with Crippen molar-refractivity contribution < 1.29 is 9.90 Å². The summed E-state index contributed by atoms with van der Waals surface area (Å²) < 4.78 is 0. The van der Waals surface area contributed by atoms with Crippen LogP contribution in [0.5, 0.6) is 0 Å². The summed E-state index contributed by atoms with van der Waals surface area (Å²) in [5.74, 6) is 0.0435. The van der Waals surface area contributed by atoms with Gasteiger partial charge >= 0.3 is 5.97 Å². The largest absolute Gasteiger partial charge is 0.481 e. The highest BCUT2D eigenvalue weighted by Gasteiger charge is 2.09. The van der Waals surface area contributed by atoms with Gasteiger partial charge in [-0.25, -0.2) is 0 Å². The molecule has 0 fully saturated rings. The van der Waals surface area contributed by atoms with Crippen molar-refractivity contribution in [3.63, 3.8) is 0 Å². The third kappa shape index (κ3) is 5.13. The van der Waals surface area contributed by atoms with Gasteiger partial charge in [-0.3, -0.25) is 4.79 Å². The lowest BCUT2D eigenvalue weighted by molar-refractivity contribution is -0.141. The van der Waals surface area contributed by atoms with Crippen LogP contribution in [0.3, 0.4) is 0 Å². The molecule has 3 nitrogen and oxygen atoms in total. The van der Waals surface area contributed by atoms with Gasteiger partial charge < -0.3 is 10.4 Å². The van der Waals surface area contributed by atoms with E-state index in [1.54, 1.807) is 6.92 Å². The van der Waals surface area contributed by atoms with E-state index in [0.29, 0.717) is 13.0 Å². The average molecular weight is 253 g/mol. The standard InChI is InChI=1S/C13H19NO2S/c1-3-17-12-6-4-11(5-7-12)14-9-8-10(2)13(15)16/h4-7,10,14H,3,8-9H2,1-2H3,(H,15,16). The van der Waals surface area contributed by atoms with Crippen LogP contribution >= 0.6 is 11.8 Å². The Balaban J connectivity index is 2.34. The first-order chi connectivity index (χ1) is 8.13. The van der Waals surface area contributed by atoms with Crippen LogP contribution in [0, 0.1) is 5.92 Å². The number of carboxylic acid groups (broad SMARTS) is 1. The lowest BCUT2D eigenvalue weighted by Crippen LogP contribution is -2.14. The summed E-state index contributed by atoms with van der Waals surface area (Å²) in [6.07, 6.45) is 0.640. The Bertz CT molecular complexity index is 351. The van der Waals surface area contributed by atoms with Gasteiger partial charge in [0.25, 0.3) is 0 Å². The molecule has 4 heteroatoms. The van der Waals surface area contributed by atoms with Gasteiger partial charge in [-0.2, -0.15) is 0 Å². The topological polar surface area (TPSA) is 49.3 Å². The second-order valence-electron chi connectivity index (χ2n) is 3.91. The lowest BCUT2D eigenvalue weighted by atomic mass is 10.1. The maximum absolute atomic E-state index is 10.6. The average Bonchev–Trinajstić information content (AvgIpc) is 2.31. The SMILES string of the molecule is CCSc1ccc(NCCC(C)C(=O)O)cc1. The van der Waals surface area contributed by atoms with Crippen LogP contribution in [-0.4, -0.2) is 23.4 Å². The van der Waals surface area contributed by atoms with Gasteiger partial charge in [-0.15, -0.1) is 11.8 Å². The number of carbonyl (C=O) groups is 1. The molecule has 0 heterocycles. The minimum atomic E-state index is -0.735. The molecular weight excluding hydrogens is 234 g/mol. The normalized spacial score (nSPS) is 12.1. The first-order valence-electron chi connectivity index (χ1n) is 5.83. The predicted octanol–water partition coefficient (Wildman–Crippen LogP) is 3.32. The van der Waals surface area contributed by atoms with E-state index >= 15 is 0 Å². The summed E-state index contributed by atoms with van der Waals surface area (Å²) in [6, 6.07) is 8.22. The Morgan fingerprint density at radius 1 is 1.41 bits per heavy atom. The highest BCUT2D eigenvalue weighted by molar-refractivity contribution is 7.99. The molecule has 0 aliphatic carbocycles. The minimum absolute atomic E-state index is 0.294. The van der Waals surface area contributed by atoms with Crippen molar-refractivity contribution in [2.75, 3.05) is 17.6 Å². The summed E-state index contributed by atoms with van der Waals surface area (Å²) >= 11 is 1.81. The first kappa shape index (κ1) is 13.9. The third-order valence-corrected chi connectivity index (χ3v) is 3.39. The molecule has 0 amide bonds. The summed E-state index contributed by atoms with van der Waals surface area (Å²) in [5.41, 5.74) is 1.04. The van der Waals surface area contributed by atoms with Crippen molar-refractivity contribution in [3.05, 3.63) is 24.3 Å². The van der Waals surface area contributed by atoms with Gasteiger partial charge in [0.2, 0.25) is 0 Å². The Morgan fingerprint density at radius 3 is 2.59 bits per heavy atom. The molecular formula is C13H19NO2S. The van der Waals surface area contributed by atoms with E-state index in [9.17, 15) is 4.79 Å². The maximum Gasteiger partial charge on any atom is 0.306 e. The lowest BCUT2D eigenvalue weighted by Gasteiger charge is -2.09. The van der Waals surface area contributed by atoms with Gasteiger partial charge in [-0.05, 0) is 36.4 Å². The molecule has 0 radical (unpaired) electrons. The van der Waals surface area contributed by atoms with Crippen molar-refractivity contribution in [2.45, 2.75) is 25.2 Å². The van der Waals surface area contributed by atoms with Crippen molar-refractivity contribution in [2.24, 2.45) is 5.92 Å². The molecule has 0 spiro atoms. The monoisotopic (exact) mass is 253 g/mol. The van der Waals surface area contributed by atoms with Crippen molar-refractivity contribution in [3.8, 4) is 0 Å². The van der Waals surface area contributed by atoms with E-state index in [1.807, 2.05) is 23.9 Å². The zero-order chi connectivity index (χ0) is 12.7. The quantitative estimate of drug-likeness (QED) is 0.732. The Kier molecular flexibility index (Phi) is 5.91. The summed E-state index contributed by atoms with van der Waals surface area (Å²) in [7, 11) is 0. The fraction of sp³-hybridized carbons (Fsp3) is 0.462. The Hall–Kier alpha value is -1.16. The smallest absolute Gasteiger partial charge is 0.306 e. The highest BCUT2D eigenvalue weighted by Crippen LogP contribution is 2.19. The van der Waals surface area contributed by atoms with Gasteiger partial charge in [0.15, 0.2) is 0 Å². The fourth-order valence-electron chi connectivity index (χ4n) is 1.39. The molecule has 0 aliphatic rings. The van der Waals surface area contributed by atoms with E-state index in [0.717, 1.165) is 11.4 Å². The number of aliphatic carboxylic acids is 1. The number of anilines is 1. The molecule has 0 aromatic heterocycles. The summed E-state index contributed by atoms with van der Waals surface area (Å²) in [5, 5.41) is 12.0. The molecule has 0 saturated carbocycles. The first-order valence-corrected chi connectivity index (χ1v) is 6.81. The zero-order valence-electron chi connectivity index (χ0n) is 10.3. The number of hydrogen-bond acceptors (Lipinski definition) is 3. The minimum Gasteiger partial charge on any atom is -0.481 e. The van der Waals surface area contributed by atoms with Crippen LogP contribution in [0.15, 0.2) is 29.2 Å². The highest BCUT2D eigenvalue weighted by atomic mass is 32.2. The fourth-order valence-corrected chi connectivity index (χ4v) is 2.05. The molecule has 17 heavy (non-hydrogen) atoms. The number of hydrogen-bond donors (Lipinski definition) is 2. The Morgan fingerprint density at radius 2 is 2.06 bits per heavy atom. The van der Waals surface area contributed by atoms with Crippen LogP contribution in [-0.2, 0) is 4.79 Å². The number of nitrogens with one attached hydrogen (secondary N) is 1. The molecule has 0 saturated heterocycles. The van der Waals surface area contributed by atoms with Crippen molar-refractivity contribution >= 4 is 23.4 Å². The third-order valence-electron chi connectivity index (χ3n) is 2.49. The van der Waals surface area contributed by atoms with Crippen molar-refractivity contribution in [1.82, 2.24) is 0 Å². The van der Waals surface area contributed by atoms with Gasteiger partial charge in [-0.1, -0.05) is 13.8 Å². The zero-order valence-corrected chi connectivity index (χ0v) is 11.1. The van der Waals surface area contributed by atoms with E-state index in [1.165, 1.54) is 4.90 Å². The molecule has 0 aliphatic heterocycles. The van der Waals surface area contributed by atoms with E-state index in [4.69, 9.17) is 5.11 Å². The van der Waals surface area contributed by atoms with Crippen molar-refractivity contribution in [1.29, 1.82) is 0 Å². The number of rotatable bonds is 7. The summed E-state index contributed by atoms with van der Waals surface area (Å²) in [6.45, 7) is 4.54. The number of thioether (sulfide) groups is 1. The second kappa shape index (κ2) is 7.22. The van der Waals surface area contributed by atoms with Crippen LogP contribution in [0.4, 0.5) is 5.69 Å². The van der Waals surface area contributed by atoms with Crippen LogP contribution < -0.4 is 5.32 Å². The van der Waals surface area contributed by atoms with Gasteiger partial charge in [0.1, 0.15) is 0 Å². The predicted molar refractivity (Wildman–Crippen MR) is 72.7 cm³/mol. The Labute approximate surface area is 107 Å². The maximum atomic E-state index is 10.6. The van der Waals surface area contributed by atoms with E-state index in [-0.39, 0.29) is 5.92 Å².